The minimum Gasteiger partial charge on any atom is -0.385 e. The van der Waals surface area contributed by atoms with Gasteiger partial charge in [-0.25, -0.2) is 0 Å². The molecule has 0 aliphatic heterocycles. The van der Waals surface area contributed by atoms with Gasteiger partial charge in [0.2, 0.25) is 0 Å². The second-order valence-corrected chi connectivity index (χ2v) is 3.27. The first kappa shape index (κ1) is 9.66. The van der Waals surface area contributed by atoms with Crippen LogP contribution in [0.4, 0.5) is 0 Å². The summed E-state index contributed by atoms with van der Waals surface area (Å²) in [6.45, 7) is 5.42. The lowest BCUT2D eigenvalue weighted by molar-refractivity contribution is 0.127. The van der Waals surface area contributed by atoms with Crippen LogP contribution in [0.3, 0.4) is 0 Å². The van der Waals surface area contributed by atoms with E-state index in [1.807, 2.05) is 0 Å². The molecular weight excluding hydrogens is 248 g/mol. The van der Waals surface area contributed by atoms with E-state index in [1.165, 1.54) is 0 Å². The molecule has 1 atom stereocenters. The molecule has 1 nitrogen and oxygen atoms in total. The van der Waals surface area contributed by atoms with E-state index in [0.29, 0.717) is 10.7 Å². The van der Waals surface area contributed by atoms with Gasteiger partial charge in [0.25, 0.3) is 0 Å². The van der Waals surface area contributed by atoms with Gasteiger partial charge in [-0.2, -0.15) is 0 Å². The first-order chi connectivity index (χ1) is 4.04. The Morgan fingerprint density at radius 1 is 1.67 bits per heavy atom. The largest absolute Gasteiger partial charge is 0.385 e. The highest BCUT2D eigenvalue weighted by Gasteiger charge is 2.20. The van der Waals surface area contributed by atoms with E-state index in [2.05, 4.69) is 38.4 Å². The van der Waals surface area contributed by atoms with Gasteiger partial charge in [-0.15, -0.1) is 0 Å². The number of rotatable bonds is 3. The molecule has 0 unspecified atom stereocenters. The Bertz CT molecular complexity index is 110. The van der Waals surface area contributed by atoms with E-state index in [-0.39, 0.29) is 0 Å². The van der Waals surface area contributed by atoms with E-state index in [0.717, 1.165) is 5.57 Å². The second-order valence-electron chi connectivity index (χ2n) is 2.14. The van der Waals surface area contributed by atoms with E-state index >= 15 is 0 Å². The van der Waals surface area contributed by atoms with Crippen LogP contribution in [0.25, 0.3) is 0 Å². The first-order valence-corrected chi connectivity index (χ1v) is 4.81. The molecule has 0 aliphatic rings. The van der Waals surface area contributed by atoms with Gasteiger partial charge in [-0.1, -0.05) is 38.4 Å². The van der Waals surface area contributed by atoms with Crippen molar-refractivity contribution in [1.82, 2.24) is 0 Å². The van der Waals surface area contributed by atoms with Crippen LogP contribution in [0.15, 0.2) is 12.2 Å². The predicted molar refractivity (Wildman–Crippen MR) is 47.4 cm³/mol. The fourth-order valence-electron chi connectivity index (χ4n) is 0.238. The molecule has 1 N–H and O–H groups in total. The van der Waals surface area contributed by atoms with Gasteiger partial charge in [0.15, 0.2) is 0 Å². The summed E-state index contributed by atoms with van der Waals surface area (Å²) in [6, 6.07) is 0. The van der Waals surface area contributed by atoms with Crippen molar-refractivity contribution in [3.05, 3.63) is 12.2 Å². The third kappa shape index (κ3) is 2.83. The van der Waals surface area contributed by atoms with E-state index < -0.39 is 5.60 Å². The standard InChI is InChI=1S/C6H10Br2O/c1-5(3-7)6(2,9)4-8/h9H,1,3-4H2,2H3/t6-/m1/s1. The van der Waals surface area contributed by atoms with Crippen LogP contribution in [-0.4, -0.2) is 21.4 Å². The van der Waals surface area contributed by atoms with Gasteiger partial charge in [0.05, 0.1) is 5.60 Å². The summed E-state index contributed by atoms with van der Waals surface area (Å²) in [7, 11) is 0. The summed E-state index contributed by atoms with van der Waals surface area (Å²) in [4.78, 5) is 0. The molecule has 0 aromatic rings. The fourth-order valence-corrected chi connectivity index (χ4v) is 1.24. The van der Waals surface area contributed by atoms with E-state index in [1.54, 1.807) is 6.92 Å². The van der Waals surface area contributed by atoms with Gasteiger partial charge in [0.1, 0.15) is 0 Å². The minimum absolute atomic E-state index is 0.532. The molecule has 0 bridgehead atoms. The highest BCUT2D eigenvalue weighted by molar-refractivity contribution is 9.09. The third-order valence-electron chi connectivity index (χ3n) is 1.18. The van der Waals surface area contributed by atoms with Crippen LogP contribution in [0.2, 0.25) is 0 Å². The van der Waals surface area contributed by atoms with Crippen molar-refractivity contribution in [1.29, 1.82) is 0 Å². The summed E-state index contributed by atoms with van der Waals surface area (Å²) in [5, 5.41) is 10.6. The monoisotopic (exact) mass is 256 g/mol. The summed E-state index contributed by atoms with van der Waals surface area (Å²) >= 11 is 6.39. The van der Waals surface area contributed by atoms with Crippen LogP contribution in [0.5, 0.6) is 0 Å². The Labute approximate surface area is 72.4 Å². The van der Waals surface area contributed by atoms with E-state index in [9.17, 15) is 5.11 Å². The summed E-state index contributed by atoms with van der Waals surface area (Å²) < 4.78 is 0. The van der Waals surface area contributed by atoms with Crippen LogP contribution < -0.4 is 0 Å². The normalized spacial score (nSPS) is 16.9. The SMILES string of the molecule is C=C(CBr)[C@](C)(O)CBr. The summed E-state index contributed by atoms with van der Waals surface area (Å²) in [5.74, 6) is 0. The average Bonchev–Trinajstić information content (AvgIpc) is 1.86. The molecule has 0 aliphatic carbocycles. The maximum Gasteiger partial charge on any atom is 0.0930 e. The highest BCUT2D eigenvalue weighted by atomic mass is 79.9. The molecule has 0 fully saturated rings. The Morgan fingerprint density at radius 2 is 2.11 bits per heavy atom. The Balaban J connectivity index is 3.97. The van der Waals surface area contributed by atoms with Crippen molar-refractivity contribution < 1.29 is 5.11 Å². The lowest BCUT2D eigenvalue weighted by atomic mass is 10.0. The predicted octanol–water partition coefficient (Wildman–Crippen LogP) is 2.08. The van der Waals surface area contributed by atoms with Gasteiger partial charge < -0.3 is 5.11 Å². The number of alkyl halides is 2. The molecule has 0 saturated heterocycles. The maximum absolute atomic E-state index is 9.42. The highest BCUT2D eigenvalue weighted by Crippen LogP contribution is 2.18. The summed E-state index contributed by atoms with van der Waals surface area (Å²) in [5.41, 5.74) is 0.0168. The smallest absolute Gasteiger partial charge is 0.0930 e. The first-order valence-electron chi connectivity index (χ1n) is 2.57. The summed E-state index contributed by atoms with van der Waals surface area (Å²) in [6.07, 6.45) is 0. The zero-order chi connectivity index (χ0) is 7.49. The Hall–Kier alpha value is 0.660. The van der Waals surface area contributed by atoms with Gasteiger partial charge in [0, 0.05) is 10.7 Å². The quantitative estimate of drug-likeness (QED) is 0.607. The van der Waals surface area contributed by atoms with Crippen LogP contribution in [0, 0.1) is 0 Å². The van der Waals surface area contributed by atoms with Crippen molar-refractivity contribution >= 4 is 31.9 Å². The zero-order valence-corrected chi connectivity index (χ0v) is 8.50. The number of hydrogen-bond acceptors (Lipinski definition) is 1. The number of halogens is 2. The third-order valence-corrected chi connectivity index (χ3v) is 2.95. The number of aliphatic hydroxyl groups is 1. The average molecular weight is 258 g/mol. The van der Waals surface area contributed by atoms with Gasteiger partial charge in [-0.3, -0.25) is 0 Å². The number of hydrogen-bond donors (Lipinski definition) is 1. The minimum atomic E-state index is -0.774. The molecule has 9 heavy (non-hydrogen) atoms. The van der Waals surface area contributed by atoms with Crippen molar-refractivity contribution in [2.45, 2.75) is 12.5 Å². The Kier molecular flexibility index (Phi) is 4.01. The molecule has 0 rings (SSSR count). The molecule has 0 saturated carbocycles. The van der Waals surface area contributed by atoms with Gasteiger partial charge >= 0.3 is 0 Å². The van der Waals surface area contributed by atoms with Crippen molar-refractivity contribution in [2.24, 2.45) is 0 Å². The zero-order valence-electron chi connectivity index (χ0n) is 5.32. The van der Waals surface area contributed by atoms with Crippen LogP contribution in [-0.2, 0) is 0 Å². The molecule has 54 valence electrons. The molecule has 0 amide bonds. The lowest BCUT2D eigenvalue weighted by Gasteiger charge is -2.21. The van der Waals surface area contributed by atoms with Gasteiger partial charge in [-0.05, 0) is 12.5 Å². The van der Waals surface area contributed by atoms with Crippen molar-refractivity contribution in [3.8, 4) is 0 Å². The molecule has 0 spiro atoms. The second kappa shape index (κ2) is 3.74. The molecular formula is C6H10Br2O. The van der Waals surface area contributed by atoms with E-state index in [4.69, 9.17) is 0 Å². The maximum atomic E-state index is 9.42. The topological polar surface area (TPSA) is 20.2 Å². The van der Waals surface area contributed by atoms with Crippen LogP contribution >= 0.6 is 31.9 Å². The van der Waals surface area contributed by atoms with Crippen molar-refractivity contribution in [3.63, 3.8) is 0 Å². The molecule has 0 heterocycles. The molecule has 0 aromatic heterocycles. The molecule has 0 radical (unpaired) electrons. The molecule has 0 aromatic carbocycles. The van der Waals surface area contributed by atoms with Crippen molar-refractivity contribution in [2.75, 3.05) is 10.7 Å². The lowest BCUT2D eigenvalue weighted by Crippen LogP contribution is -2.28. The fraction of sp³-hybridized carbons (Fsp3) is 0.667. The van der Waals surface area contributed by atoms with Crippen LogP contribution in [0.1, 0.15) is 6.92 Å². The Morgan fingerprint density at radius 3 is 2.22 bits per heavy atom. The molecule has 3 heteroatoms.